The molecule has 1 heterocycles. The predicted octanol–water partition coefficient (Wildman–Crippen LogP) is 2.81. The second kappa shape index (κ2) is 6.00. The summed E-state index contributed by atoms with van der Waals surface area (Å²) in [5, 5.41) is 2.64. The average molecular weight is 444 g/mol. The number of sulfonamides is 1. The van der Waals surface area contributed by atoms with Gasteiger partial charge in [-0.1, -0.05) is 0 Å². The quantitative estimate of drug-likeness (QED) is 0.714. The van der Waals surface area contributed by atoms with Crippen molar-refractivity contribution in [1.82, 2.24) is 0 Å². The molecule has 120 valence electrons. The van der Waals surface area contributed by atoms with Gasteiger partial charge in [0.15, 0.2) is 6.10 Å². The highest BCUT2D eigenvalue weighted by molar-refractivity contribution is 14.1. The Kier molecular flexibility index (Phi) is 4.19. The highest BCUT2D eigenvalue weighted by Crippen LogP contribution is 2.32. The SMILES string of the molecule is CC1Oc2ccc(S(=O)(=O)Nc3ccc(I)cc3)cc2NC1=O. The molecule has 23 heavy (non-hydrogen) atoms. The molecular weight excluding hydrogens is 431 g/mol. The van der Waals surface area contributed by atoms with E-state index in [0.29, 0.717) is 17.1 Å². The van der Waals surface area contributed by atoms with Crippen LogP contribution in [0.15, 0.2) is 47.4 Å². The molecular formula is C15H13IN2O4S. The van der Waals surface area contributed by atoms with Gasteiger partial charge in [-0.25, -0.2) is 8.42 Å². The minimum atomic E-state index is -3.75. The fourth-order valence-electron chi connectivity index (χ4n) is 2.09. The van der Waals surface area contributed by atoms with Crippen LogP contribution in [0.2, 0.25) is 0 Å². The van der Waals surface area contributed by atoms with Crippen LogP contribution in [0.3, 0.4) is 0 Å². The van der Waals surface area contributed by atoms with E-state index in [1.165, 1.54) is 18.2 Å². The van der Waals surface area contributed by atoms with Crippen LogP contribution in [0, 0.1) is 3.57 Å². The predicted molar refractivity (Wildman–Crippen MR) is 95.1 cm³/mol. The summed E-state index contributed by atoms with van der Waals surface area (Å²) in [4.78, 5) is 11.7. The summed E-state index contributed by atoms with van der Waals surface area (Å²) in [6.45, 7) is 1.63. The molecule has 1 aliphatic heterocycles. The number of hydrogen-bond donors (Lipinski definition) is 2. The van der Waals surface area contributed by atoms with Crippen molar-refractivity contribution in [2.24, 2.45) is 0 Å². The maximum Gasteiger partial charge on any atom is 0.265 e. The number of carbonyl (C=O) groups is 1. The van der Waals surface area contributed by atoms with Crippen LogP contribution in [0.1, 0.15) is 6.92 Å². The minimum Gasteiger partial charge on any atom is -0.479 e. The Morgan fingerprint density at radius 2 is 1.87 bits per heavy atom. The number of benzene rings is 2. The first-order valence-corrected chi connectivity index (χ1v) is 9.31. The molecule has 0 aromatic heterocycles. The van der Waals surface area contributed by atoms with Gasteiger partial charge in [-0.05, 0) is 72.0 Å². The Morgan fingerprint density at radius 1 is 1.17 bits per heavy atom. The molecule has 0 bridgehead atoms. The van der Waals surface area contributed by atoms with Crippen LogP contribution in [-0.2, 0) is 14.8 Å². The highest BCUT2D eigenvalue weighted by atomic mass is 127. The van der Waals surface area contributed by atoms with Crippen LogP contribution >= 0.6 is 22.6 Å². The Balaban J connectivity index is 1.90. The van der Waals surface area contributed by atoms with E-state index in [-0.39, 0.29) is 10.8 Å². The van der Waals surface area contributed by atoms with Crippen LogP contribution in [-0.4, -0.2) is 20.4 Å². The molecule has 1 amide bonds. The van der Waals surface area contributed by atoms with E-state index in [1.54, 1.807) is 31.2 Å². The van der Waals surface area contributed by atoms with Crippen molar-refractivity contribution in [2.45, 2.75) is 17.9 Å². The second-order valence-electron chi connectivity index (χ2n) is 5.02. The number of carbonyl (C=O) groups excluding carboxylic acids is 1. The van der Waals surface area contributed by atoms with Crippen LogP contribution in [0.5, 0.6) is 5.75 Å². The molecule has 2 N–H and O–H groups in total. The maximum absolute atomic E-state index is 12.5. The molecule has 1 aliphatic rings. The van der Waals surface area contributed by atoms with Crippen molar-refractivity contribution >= 4 is 49.9 Å². The van der Waals surface area contributed by atoms with Crippen molar-refractivity contribution in [2.75, 3.05) is 10.0 Å². The minimum absolute atomic E-state index is 0.0493. The summed E-state index contributed by atoms with van der Waals surface area (Å²) in [7, 11) is -3.75. The molecule has 0 saturated heterocycles. The van der Waals surface area contributed by atoms with Crippen molar-refractivity contribution in [1.29, 1.82) is 0 Å². The molecule has 0 aliphatic carbocycles. The summed E-state index contributed by atoms with van der Waals surface area (Å²) < 4.78 is 33.8. The normalized spacial score (nSPS) is 17.0. The van der Waals surface area contributed by atoms with Gasteiger partial charge in [-0.15, -0.1) is 0 Å². The summed E-state index contributed by atoms with van der Waals surface area (Å²) in [5.41, 5.74) is 0.815. The molecule has 0 spiro atoms. The first-order valence-electron chi connectivity index (χ1n) is 6.75. The average Bonchev–Trinajstić information content (AvgIpc) is 2.50. The van der Waals surface area contributed by atoms with E-state index in [9.17, 15) is 13.2 Å². The lowest BCUT2D eigenvalue weighted by Gasteiger charge is -2.23. The molecule has 1 atom stereocenters. The zero-order valence-corrected chi connectivity index (χ0v) is 15.0. The fraction of sp³-hybridized carbons (Fsp3) is 0.133. The van der Waals surface area contributed by atoms with Crippen molar-refractivity contribution in [3.8, 4) is 5.75 Å². The number of anilines is 2. The first kappa shape index (κ1) is 16.1. The van der Waals surface area contributed by atoms with Gasteiger partial charge in [0, 0.05) is 9.26 Å². The Labute approximate surface area is 147 Å². The number of nitrogens with one attached hydrogen (secondary N) is 2. The number of amides is 1. The molecule has 2 aromatic rings. The number of halogens is 1. The summed E-state index contributed by atoms with van der Waals surface area (Å²) in [6, 6.07) is 11.3. The lowest BCUT2D eigenvalue weighted by Crippen LogP contribution is -2.34. The highest BCUT2D eigenvalue weighted by Gasteiger charge is 2.25. The number of ether oxygens (including phenoxy) is 1. The van der Waals surface area contributed by atoms with Gasteiger partial charge >= 0.3 is 0 Å². The number of rotatable bonds is 3. The molecule has 0 radical (unpaired) electrons. The van der Waals surface area contributed by atoms with E-state index in [0.717, 1.165) is 3.57 Å². The van der Waals surface area contributed by atoms with Gasteiger partial charge in [-0.3, -0.25) is 9.52 Å². The van der Waals surface area contributed by atoms with Crippen molar-refractivity contribution < 1.29 is 17.9 Å². The Hall–Kier alpha value is -1.81. The smallest absolute Gasteiger partial charge is 0.265 e. The van der Waals surface area contributed by atoms with Crippen molar-refractivity contribution in [3.63, 3.8) is 0 Å². The van der Waals surface area contributed by atoms with Gasteiger partial charge in [0.25, 0.3) is 15.9 Å². The molecule has 3 rings (SSSR count). The summed E-state index contributed by atoms with van der Waals surface area (Å²) in [5.74, 6) is 0.142. The van der Waals surface area contributed by atoms with Crippen LogP contribution < -0.4 is 14.8 Å². The van der Waals surface area contributed by atoms with E-state index < -0.39 is 16.1 Å². The van der Waals surface area contributed by atoms with E-state index in [2.05, 4.69) is 32.6 Å². The number of hydrogen-bond acceptors (Lipinski definition) is 4. The zero-order valence-electron chi connectivity index (χ0n) is 12.0. The third kappa shape index (κ3) is 3.42. The van der Waals surface area contributed by atoms with Gasteiger partial charge < -0.3 is 10.1 Å². The molecule has 2 aromatic carbocycles. The fourth-order valence-corrected chi connectivity index (χ4v) is 3.53. The standard InChI is InChI=1S/C15H13IN2O4S/c1-9-15(19)17-13-8-12(6-7-14(13)22-9)23(20,21)18-11-4-2-10(16)3-5-11/h2-9,18H,1H3,(H,17,19). The molecule has 1 unspecified atom stereocenters. The lowest BCUT2D eigenvalue weighted by atomic mass is 10.2. The Morgan fingerprint density at radius 3 is 2.57 bits per heavy atom. The van der Waals surface area contributed by atoms with E-state index in [4.69, 9.17) is 4.74 Å². The van der Waals surface area contributed by atoms with Crippen LogP contribution in [0.25, 0.3) is 0 Å². The molecule has 0 saturated carbocycles. The monoisotopic (exact) mass is 444 g/mol. The number of fused-ring (bicyclic) bond motifs is 1. The maximum atomic E-state index is 12.5. The second-order valence-corrected chi connectivity index (χ2v) is 7.95. The Bertz CT molecular complexity index is 866. The van der Waals surface area contributed by atoms with Gasteiger partial charge in [0.1, 0.15) is 5.75 Å². The van der Waals surface area contributed by atoms with E-state index in [1.807, 2.05) is 0 Å². The summed E-state index contributed by atoms with van der Waals surface area (Å²) >= 11 is 2.14. The van der Waals surface area contributed by atoms with Gasteiger partial charge in [0.2, 0.25) is 0 Å². The third-order valence-corrected chi connectivity index (χ3v) is 5.39. The van der Waals surface area contributed by atoms with Crippen molar-refractivity contribution in [3.05, 3.63) is 46.0 Å². The zero-order chi connectivity index (χ0) is 16.6. The molecule has 6 nitrogen and oxygen atoms in total. The lowest BCUT2D eigenvalue weighted by molar-refractivity contribution is -0.122. The topological polar surface area (TPSA) is 84.5 Å². The third-order valence-electron chi connectivity index (χ3n) is 3.29. The molecule has 0 fully saturated rings. The first-order chi connectivity index (χ1) is 10.8. The summed E-state index contributed by atoms with van der Waals surface area (Å²) in [6.07, 6.45) is -0.602. The van der Waals surface area contributed by atoms with Gasteiger partial charge in [0.05, 0.1) is 10.6 Å². The molecule has 8 heteroatoms. The van der Waals surface area contributed by atoms with Gasteiger partial charge in [-0.2, -0.15) is 0 Å². The largest absolute Gasteiger partial charge is 0.479 e. The van der Waals surface area contributed by atoms with E-state index >= 15 is 0 Å². The van der Waals surface area contributed by atoms with Crippen LogP contribution in [0.4, 0.5) is 11.4 Å².